The molecule has 2 amide bonds. The molecule has 1 heterocycles. The lowest BCUT2D eigenvalue weighted by molar-refractivity contribution is -0.0309. The van der Waals surface area contributed by atoms with Crippen LogP contribution >= 0.6 is 0 Å². The largest absolute Gasteiger partial charge is 0.375 e. The summed E-state index contributed by atoms with van der Waals surface area (Å²) < 4.78 is 31.9. The lowest BCUT2D eigenvalue weighted by atomic mass is 10.2. The minimum Gasteiger partial charge on any atom is -0.375 e. The molecule has 1 aromatic rings. The Morgan fingerprint density at radius 2 is 1.90 bits per heavy atom. The van der Waals surface area contributed by atoms with E-state index in [1.54, 1.807) is 12.1 Å². The van der Waals surface area contributed by atoms with Gasteiger partial charge in [0.25, 0.3) is 10.0 Å². The number of carbonyl (C=O) groups is 1. The second kappa shape index (κ2) is 6.03. The van der Waals surface area contributed by atoms with Crippen molar-refractivity contribution in [2.45, 2.75) is 37.8 Å². The summed E-state index contributed by atoms with van der Waals surface area (Å²) in [6.45, 7) is 6.31. The number of benzene rings is 1. The van der Waals surface area contributed by atoms with Crippen LogP contribution in [0.25, 0.3) is 0 Å². The van der Waals surface area contributed by atoms with Crippen LogP contribution in [0.4, 0.5) is 4.79 Å². The molecule has 1 aromatic carbocycles. The van der Waals surface area contributed by atoms with Crippen LogP contribution in [0.1, 0.15) is 19.4 Å². The molecule has 21 heavy (non-hydrogen) atoms. The molecule has 6 nitrogen and oxygen atoms in total. The van der Waals surface area contributed by atoms with Gasteiger partial charge in [0.05, 0.1) is 23.6 Å². The highest BCUT2D eigenvalue weighted by Crippen LogP contribution is 2.14. The first-order valence-corrected chi connectivity index (χ1v) is 8.29. The number of ether oxygens (including phenoxy) is 1. The van der Waals surface area contributed by atoms with Gasteiger partial charge in [-0.05, 0) is 32.9 Å². The molecule has 0 aliphatic carbocycles. The summed E-state index contributed by atoms with van der Waals surface area (Å²) in [5.74, 6) is 0. The van der Waals surface area contributed by atoms with Crippen molar-refractivity contribution in [1.82, 2.24) is 9.62 Å². The van der Waals surface area contributed by atoms with Gasteiger partial charge >= 0.3 is 6.03 Å². The Labute approximate surface area is 125 Å². The lowest BCUT2D eigenvalue weighted by Gasteiger charge is -2.36. The minimum absolute atomic E-state index is 0.0791. The molecule has 1 aliphatic rings. The van der Waals surface area contributed by atoms with Gasteiger partial charge in [0.1, 0.15) is 0 Å². The quantitative estimate of drug-likeness (QED) is 0.898. The van der Waals surface area contributed by atoms with E-state index >= 15 is 0 Å². The van der Waals surface area contributed by atoms with Crippen LogP contribution in [0, 0.1) is 6.92 Å². The molecule has 1 fully saturated rings. The monoisotopic (exact) mass is 312 g/mol. The number of urea groups is 1. The van der Waals surface area contributed by atoms with E-state index in [0.29, 0.717) is 13.2 Å². The first-order chi connectivity index (χ1) is 9.79. The van der Waals surface area contributed by atoms with Gasteiger partial charge in [0, 0.05) is 6.54 Å². The fraction of sp³-hybridized carbons (Fsp3) is 0.500. The van der Waals surface area contributed by atoms with Gasteiger partial charge in [-0.1, -0.05) is 17.7 Å². The van der Waals surface area contributed by atoms with Gasteiger partial charge in [0.15, 0.2) is 0 Å². The number of hydrogen-bond acceptors (Lipinski definition) is 4. The van der Waals surface area contributed by atoms with Gasteiger partial charge in [-0.15, -0.1) is 0 Å². The SMILES string of the molecule is Cc1ccc(S(=O)(=O)NC(=O)N2CC(C)OCC2C)cc1. The number of amides is 2. The zero-order chi connectivity index (χ0) is 15.6. The number of hydrogen-bond donors (Lipinski definition) is 1. The van der Waals surface area contributed by atoms with Gasteiger partial charge in [-0.2, -0.15) is 0 Å². The normalized spacial score (nSPS) is 22.9. The summed E-state index contributed by atoms with van der Waals surface area (Å²) in [4.78, 5) is 13.8. The first-order valence-electron chi connectivity index (χ1n) is 6.81. The molecular weight excluding hydrogens is 292 g/mol. The molecule has 7 heteroatoms. The highest BCUT2D eigenvalue weighted by atomic mass is 32.2. The van der Waals surface area contributed by atoms with Gasteiger partial charge in [-0.3, -0.25) is 0 Å². The Morgan fingerprint density at radius 3 is 2.52 bits per heavy atom. The third-order valence-electron chi connectivity index (χ3n) is 3.42. The van der Waals surface area contributed by atoms with Gasteiger partial charge in [-0.25, -0.2) is 17.9 Å². The van der Waals surface area contributed by atoms with E-state index in [4.69, 9.17) is 4.74 Å². The standard InChI is InChI=1S/C14H20N2O4S/c1-10-4-6-13(7-5-10)21(18,19)15-14(17)16-8-12(3)20-9-11(16)2/h4-7,11-12H,8-9H2,1-3H3,(H,15,17). The fourth-order valence-corrected chi connectivity index (χ4v) is 3.10. The molecule has 0 saturated carbocycles. The maximum absolute atomic E-state index is 12.2. The molecule has 0 spiro atoms. The summed E-state index contributed by atoms with van der Waals surface area (Å²) in [5.41, 5.74) is 0.955. The van der Waals surface area contributed by atoms with E-state index < -0.39 is 16.1 Å². The van der Waals surface area contributed by atoms with E-state index in [1.165, 1.54) is 17.0 Å². The Kier molecular flexibility index (Phi) is 4.53. The number of aryl methyl sites for hydroxylation is 1. The second-order valence-electron chi connectivity index (χ2n) is 5.37. The Balaban J connectivity index is 2.12. The van der Waals surface area contributed by atoms with Crippen LogP contribution < -0.4 is 4.72 Å². The zero-order valence-corrected chi connectivity index (χ0v) is 13.2. The average Bonchev–Trinajstić information content (AvgIpc) is 2.41. The van der Waals surface area contributed by atoms with Crippen LogP contribution in [-0.4, -0.2) is 44.6 Å². The smallest absolute Gasteiger partial charge is 0.331 e. The number of morpholine rings is 1. The molecule has 116 valence electrons. The molecule has 2 unspecified atom stereocenters. The van der Waals surface area contributed by atoms with Gasteiger partial charge in [0.2, 0.25) is 0 Å². The van der Waals surface area contributed by atoms with Crippen LogP contribution in [0.5, 0.6) is 0 Å². The van der Waals surface area contributed by atoms with Crippen molar-refractivity contribution in [3.05, 3.63) is 29.8 Å². The third-order valence-corrected chi connectivity index (χ3v) is 4.76. The Hall–Kier alpha value is -1.60. The molecule has 2 atom stereocenters. The van der Waals surface area contributed by atoms with Crippen molar-refractivity contribution in [3.63, 3.8) is 0 Å². The van der Waals surface area contributed by atoms with Crippen molar-refractivity contribution in [1.29, 1.82) is 0 Å². The zero-order valence-electron chi connectivity index (χ0n) is 12.4. The number of rotatable bonds is 2. The van der Waals surface area contributed by atoms with Crippen molar-refractivity contribution < 1.29 is 17.9 Å². The molecule has 1 aliphatic heterocycles. The highest BCUT2D eigenvalue weighted by Gasteiger charge is 2.30. The highest BCUT2D eigenvalue weighted by molar-refractivity contribution is 7.90. The Bertz CT molecular complexity index is 612. The second-order valence-corrected chi connectivity index (χ2v) is 7.05. The van der Waals surface area contributed by atoms with E-state index in [-0.39, 0.29) is 17.0 Å². The summed E-state index contributed by atoms with van der Waals surface area (Å²) in [6.07, 6.45) is -0.103. The van der Waals surface area contributed by atoms with E-state index in [1.807, 2.05) is 20.8 Å². The summed E-state index contributed by atoms with van der Waals surface area (Å²) >= 11 is 0. The molecule has 2 rings (SSSR count). The maximum Gasteiger partial charge on any atom is 0.331 e. The predicted octanol–water partition coefficient (Wildman–Crippen LogP) is 1.50. The maximum atomic E-state index is 12.2. The number of sulfonamides is 1. The summed E-state index contributed by atoms with van der Waals surface area (Å²) in [5, 5.41) is 0. The molecular formula is C14H20N2O4S. The molecule has 0 aromatic heterocycles. The molecule has 0 bridgehead atoms. The van der Waals surface area contributed by atoms with E-state index in [2.05, 4.69) is 4.72 Å². The average molecular weight is 312 g/mol. The number of nitrogens with one attached hydrogen (secondary N) is 1. The van der Waals surface area contributed by atoms with Crippen LogP contribution in [-0.2, 0) is 14.8 Å². The summed E-state index contributed by atoms with van der Waals surface area (Å²) in [6, 6.07) is 5.58. The molecule has 0 radical (unpaired) electrons. The Morgan fingerprint density at radius 1 is 1.29 bits per heavy atom. The topological polar surface area (TPSA) is 75.7 Å². The lowest BCUT2D eigenvalue weighted by Crippen LogP contribution is -2.54. The van der Waals surface area contributed by atoms with Crippen molar-refractivity contribution in [2.75, 3.05) is 13.2 Å². The van der Waals surface area contributed by atoms with E-state index in [9.17, 15) is 13.2 Å². The number of nitrogens with zero attached hydrogens (tertiary/aromatic N) is 1. The minimum atomic E-state index is -3.85. The first kappa shape index (κ1) is 15.8. The van der Waals surface area contributed by atoms with Crippen molar-refractivity contribution in [2.24, 2.45) is 0 Å². The molecule has 1 N–H and O–H groups in total. The number of carbonyl (C=O) groups excluding carboxylic acids is 1. The van der Waals surface area contributed by atoms with Crippen molar-refractivity contribution >= 4 is 16.1 Å². The summed E-state index contributed by atoms with van der Waals surface area (Å²) in [7, 11) is -3.85. The van der Waals surface area contributed by atoms with Gasteiger partial charge < -0.3 is 9.64 Å². The van der Waals surface area contributed by atoms with Crippen LogP contribution in [0.15, 0.2) is 29.2 Å². The van der Waals surface area contributed by atoms with Crippen LogP contribution in [0.3, 0.4) is 0 Å². The predicted molar refractivity (Wildman–Crippen MR) is 78.5 cm³/mol. The van der Waals surface area contributed by atoms with Crippen molar-refractivity contribution in [3.8, 4) is 0 Å². The fourth-order valence-electron chi connectivity index (χ4n) is 2.14. The third kappa shape index (κ3) is 3.74. The molecule has 1 saturated heterocycles. The van der Waals surface area contributed by atoms with Crippen LogP contribution in [0.2, 0.25) is 0 Å². The van der Waals surface area contributed by atoms with E-state index in [0.717, 1.165) is 5.56 Å².